The standard InChI is InChI=1S/C23H21N5O4S/c1-15(29)28(17-7-3-2-4-8-17)23-25-16(14-33-23)13-32-20(30)11-12-24-22(31)21-18-9-5-6-10-19(18)26-27-21/h2-10,14H,11-13H2,1H3,(H,24,31)(H,26,27). The van der Waals surface area contributed by atoms with E-state index in [2.05, 4.69) is 20.5 Å². The third-order valence-corrected chi connectivity index (χ3v) is 5.62. The molecule has 0 aliphatic heterocycles. The predicted octanol–water partition coefficient (Wildman–Crippen LogP) is 3.57. The minimum absolute atomic E-state index is 0.00861. The maximum Gasteiger partial charge on any atom is 0.307 e. The van der Waals surface area contributed by atoms with E-state index in [0.29, 0.717) is 21.9 Å². The Morgan fingerprint density at radius 1 is 1.09 bits per heavy atom. The SMILES string of the molecule is CC(=O)N(c1ccccc1)c1nc(COC(=O)CCNC(=O)c2n[nH]c3ccccc23)cs1. The molecule has 0 fully saturated rings. The number of benzene rings is 2. The number of ether oxygens (including phenoxy) is 1. The van der Waals surface area contributed by atoms with Crippen LogP contribution in [-0.4, -0.2) is 39.5 Å². The summed E-state index contributed by atoms with van der Waals surface area (Å²) in [4.78, 5) is 42.5. The molecule has 9 nitrogen and oxygen atoms in total. The lowest BCUT2D eigenvalue weighted by Gasteiger charge is -2.17. The molecule has 168 valence electrons. The number of esters is 1. The fourth-order valence-corrected chi connectivity index (χ4v) is 4.07. The average Bonchev–Trinajstić information content (AvgIpc) is 3.45. The number of nitrogens with one attached hydrogen (secondary N) is 2. The first-order valence-corrected chi connectivity index (χ1v) is 11.1. The summed E-state index contributed by atoms with van der Waals surface area (Å²) in [5.74, 6) is -1.00. The lowest BCUT2D eigenvalue weighted by molar-refractivity contribution is -0.144. The number of nitrogens with zero attached hydrogens (tertiary/aromatic N) is 3. The number of H-pyrrole nitrogens is 1. The van der Waals surface area contributed by atoms with E-state index in [1.807, 2.05) is 48.5 Å². The fourth-order valence-electron chi connectivity index (χ4n) is 3.19. The normalized spacial score (nSPS) is 10.7. The lowest BCUT2D eigenvalue weighted by atomic mass is 10.2. The Morgan fingerprint density at radius 3 is 2.64 bits per heavy atom. The van der Waals surface area contributed by atoms with Crippen molar-refractivity contribution in [2.45, 2.75) is 20.0 Å². The number of rotatable bonds is 8. The summed E-state index contributed by atoms with van der Waals surface area (Å²) in [6.07, 6.45) is 0.00861. The maximum atomic E-state index is 12.3. The van der Waals surface area contributed by atoms with Gasteiger partial charge in [0.2, 0.25) is 5.91 Å². The molecule has 0 saturated heterocycles. The van der Waals surface area contributed by atoms with Crippen LogP contribution in [-0.2, 0) is 20.9 Å². The van der Waals surface area contributed by atoms with Gasteiger partial charge in [-0.3, -0.25) is 24.4 Å². The van der Waals surface area contributed by atoms with Crippen molar-refractivity contribution in [1.29, 1.82) is 0 Å². The van der Waals surface area contributed by atoms with E-state index in [1.165, 1.54) is 23.2 Å². The summed E-state index contributed by atoms with van der Waals surface area (Å²) in [7, 11) is 0. The first kappa shape index (κ1) is 22.2. The van der Waals surface area contributed by atoms with Gasteiger partial charge < -0.3 is 10.1 Å². The summed E-state index contributed by atoms with van der Waals surface area (Å²) in [6, 6.07) is 16.5. The van der Waals surface area contributed by atoms with E-state index in [0.717, 1.165) is 5.52 Å². The molecular formula is C23H21N5O4S. The second kappa shape index (κ2) is 10.0. The number of thiazole rings is 1. The molecule has 0 atom stereocenters. The highest BCUT2D eigenvalue weighted by molar-refractivity contribution is 7.14. The number of para-hydroxylation sites is 2. The molecule has 0 aliphatic carbocycles. The Hall–Kier alpha value is -4.05. The van der Waals surface area contributed by atoms with E-state index in [4.69, 9.17) is 4.74 Å². The van der Waals surface area contributed by atoms with Crippen LogP contribution in [0.1, 0.15) is 29.5 Å². The van der Waals surface area contributed by atoms with Crippen LogP contribution in [0.15, 0.2) is 60.0 Å². The van der Waals surface area contributed by atoms with Crippen molar-refractivity contribution in [2.24, 2.45) is 0 Å². The number of carbonyl (C=O) groups excluding carboxylic acids is 3. The molecule has 4 aromatic rings. The van der Waals surface area contributed by atoms with Crippen molar-refractivity contribution in [2.75, 3.05) is 11.4 Å². The molecule has 2 N–H and O–H groups in total. The molecule has 0 bridgehead atoms. The number of amides is 2. The highest BCUT2D eigenvalue weighted by atomic mass is 32.1. The number of anilines is 2. The number of fused-ring (bicyclic) bond motifs is 1. The zero-order chi connectivity index (χ0) is 23.2. The van der Waals surface area contributed by atoms with Crippen LogP contribution in [0.3, 0.4) is 0 Å². The third kappa shape index (κ3) is 5.24. The van der Waals surface area contributed by atoms with Crippen molar-refractivity contribution in [3.63, 3.8) is 0 Å². The average molecular weight is 464 g/mol. The van der Waals surface area contributed by atoms with Gasteiger partial charge in [0.1, 0.15) is 6.61 Å². The number of aromatic amines is 1. The Labute approximate surface area is 193 Å². The fraction of sp³-hybridized carbons (Fsp3) is 0.174. The number of aromatic nitrogens is 3. The van der Waals surface area contributed by atoms with Crippen LogP contribution in [0, 0.1) is 0 Å². The van der Waals surface area contributed by atoms with Crippen LogP contribution < -0.4 is 10.2 Å². The van der Waals surface area contributed by atoms with Crippen molar-refractivity contribution in [3.8, 4) is 0 Å². The van der Waals surface area contributed by atoms with Crippen molar-refractivity contribution >= 4 is 50.8 Å². The van der Waals surface area contributed by atoms with Crippen molar-refractivity contribution < 1.29 is 19.1 Å². The van der Waals surface area contributed by atoms with Gasteiger partial charge in [-0.2, -0.15) is 5.10 Å². The van der Waals surface area contributed by atoms with Gasteiger partial charge in [-0.05, 0) is 18.2 Å². The third-order valence-electron chi connectivity index (χ3n) is 4.74. The minimum atomic E-state index is -0.469. The molecule has 0 spiro atoms. The highest BCUT2D eigenvalue weighted by Gasteiger charge is 2.18. The summed E-state index contributed by atoms with van der Waals surface area (Å²) in [5, 5.41) is 12.5. The van der Waals surface area contributed by atoms with E-state index < -0.39 is 5.97 Å². The Morgan fingerprint density at radius 2 is 1.85 bits per heavy atom. The minimum Gasteiger partial charge on any atom is -0.459 e. The zero-order valence-electron chi connectivity index (χ0n) is 17.8. The largest absolute Gasteiger partial charge is 0.459 e. The molecule has 33 heavy (non-hydrogen) atoms. The van der Waals surface area contributed by atoms with Gasteiger partial charge in [-0.25, -0.2) is 4.98 Å². The number of hydrogen-bond donors (Lipinski definition) is 2. The summed E-state index contributed by atoms with van der Waals surface area (Å²) in [5.41, 5.74) is 2.29. The van der Waals surface area contributed by atoms with Crippen LogP contribution in [0.5, 0.6) is 0 Å². The van der Waals surface area contributed by atoms with Crippen molar-refractivity contribution in [1.82, 2.24) is 20.5 Å². The maximum absolute atomic E-state index is 12.3. The topological polar surface area (TPSA) is 117 Å². The molecule has 10 heteroatoms. The van der Waals surface area contributed by atoms with Crippen LogP contribution in [0.2, 0.25) is 0 Å². The molecular weight excluding hydrogens is 442 g/mol. The molecule has 0 radical (unpaired) electrons. The highest BCUT2D eigenvalue weighted by Crippen LogP contribution is 2.28. The van der Waals surface area contributed by atoms with Crippen LogP contribution >= 0.6 is 11.3 Å². The molecule has 2 amide bonds. The van der Waals surface area contributed by atoms with Gasteiger partial charge in [0.15, 0.2) is 10.8 Å². The van der Waals surface area contributed by atoms with Gasteiger partial charge in [-0.1, -0.05) is 36.4 Å². The summed E-state index contributed by atoms with van der Waals surface area (Å²) in [6.45, 7) is 1.56. The van der Waals surface area contributed by atoms with E-state index >= 15 is 0 Å². The van der Waals surface area contributed by atoms with E-state index in [1.54, 1.807) is 11.4 Å². The Balaban J connectivity index is 1.27. The van der Waals surface area contributed by atoms with Gasteiger partial charge in [0.25, 0.3) is 5.91 Å². The smallest absolute Gasteiger partial charge is 0.307 e. The first-order valence-electron chi connectivity index (χ1n) is 10.2. The van der Waals surface area contributed by atoms with Gasteiger partial charge in [0, 0.05) is 24.2 Å². The molecule has 2 heterocycles. The van der Waals surface area contributed by atoms with Crippen molar-refractivity contribution in [3.05, 3.63) is 71.4 Å². The summed E-state index contributed by atoms with van der Waals surface area (Å²) >= 11 is 1.29. The molecule has 2 aromatic heterocycles. The van der Waals surface area contributed by atoms with E-state index in [-0.39, 0.29) is 37.1 Å². The van der Waals surface area contributed by atoms with Gasteiger partial charge in [0.05, 0.1) is 23.3 Å². The zero-order valence-corrected chi connectivity index (χ0v) is 18.6. The molecule has 0 saturated carbocycles. The van der Waals surface area contributed by atoms with Crippen LogP contribution in [0.25, 0.3) is 10.9 Å². The monoisotopic (exact) mass is 463 g/mol. The summed E-state index contributed by atoms with van der Waals surface area (Å²) < 4.78 is 5.26. The second-order valence-corrected chi connectivity index (χ2v) is 7.93. The number of carbonyl (C=O) groups is 3. The Bertz CT molecular complexity index is 1280. The lowest BCUT2D eigenvalue weighted by Crippen LogP contribution is -2.27. The molecule has 0 unspecified atom stereocenters. The van der Waals surface area contributed by atoms with Crippen LogP contribution in [0.4, 0.5) is 10.8 Å². The Kier molecular flexibility index (Phi) is 6.75. The molecule has 4 rings (SSSR count). The van der Waals surface area contributed by atoms with E-state index in [9.17, 15) is 14.4 Å². The quantitative estimate of drug-likeness (QED) is 0.386. The molecule has 2 aromatic carbocycles. The van der Waals surface area contributed by atoms with Gasteiger partial charge >= 0.3 is 5.97 Å². The predicted molar refractivity (Wildman–Crippen MR) is 124 cm³/mol. The first-order chi connectivity index (χ1) is 16.0. The number of hydrogen-bond acceptors (Lipinski definition) is 7. The second-order valence-electron chi connectivity index (χ2n) is 7.10. The molecule has 0 aliphatic rings. The van der Waals surface area contributed by atoms with Gasteiger partial charge in [-0.15, -0.1) is 11.3 Å².